The van der Waals surface area contributed by atoms with Crippen LogP contribution in [0.2, 0.25) is 0 Å². The summed E-state index contributed by atoms with van der Waals surface area (Å²) in [7, 11) is 0. The van der Waals surface area contributed by atoms with Crippen molar-refractivity contribution in [2.75, 3.05) is 13.2 Å². The Kier molecular flexibility index (Phi) is 4.66. The third-order valence-electron chi connectivity index (χ3n) is 3.17. The van der Waals surface area contributed by atoms with Crippen molar-refractivity contribution in [1.82, 2.24) is 20.3 Å². The molecule has 0 spiro atoms. The standard InChI is InChI=1S/C14H18N4O3/c1-9-3-4-11(7-10(9)2)18-16-12(8-20)13(17-18)14(21)15-5-6-19/h3-4,7,19-20H,5-6,8H2,1-2H3,(H,15,21). The summed E-state index contributed by atoms with van der Waals surface area (Å²) in [4.78, 5) is 13.2. The van der Waals surface area contributed by atoms with E-state index in [1.54, 1.807) is 0 Å². The van der Waals surface area contributed by atoms with Crippen molar-refractivity contribution in [2.45, 2.75) is 20.5 Å². The van der Waals surface area contributed by atoms with Gasteiger partial charge >= 0.3 is 0 Å². The van der Waals surface area contributed by atoms with Crippen molar-refractivity contribution in [1.29, 1.82) is 0 Å². The normalized spacial score (nSPS) is 10.7. The molecule has 7 heteroatoms. The fraction of sp³-hybridized carbons (Fsp3) is 0.357. The topological polar surface area (TPSA) is 100 Å². The fourth-order valence-corrected chi connectivity index (χ4v) is 1.84. The van der Waals surface area contributed by atoms with E-state index in [9.17, 15) is 9.90 Å². The number of carbonyl (C=O) groups excluding carboxylic acids is 1. The van der Waals surface area contributed by atoms with Gasteiger partial charge in [-0.05, 0) is 37.1 Å². The van der Waals surface area contributed by atoms with Crippen LogP contribution in [0.1, 0.15) is 27.3 Å². The van der Waals surface area contributed by atoms with Crippen LogP contribution in [-0.2, 0) is 6.61 Å². The van der Waals surface area contributed by atoms with Gasteiger partial charge in [0.25, 0.3) is 5.91 Å². The molecule has 0 unspecified atom stereocenters. The predicted molar refractivity (Wildman–Crippen MR) is 76.2 cm³/mol. The number of nitrogens with one attached hydrogen (secondary N) is 1. The summed E-state index contributed by atoms with van der Waals surface area (Å²) in [6.45, 7) is 3.56. The molecule has 0 bridgehead atoms. The zero-order chi connectivity index (χ0) is 15.4. The molecule has 3 N–H and O–H groups in total. The summed E-state index contributed by atoms with van der Waals surface area (Å²) in [5.74, 6) is -0.469. The number of nitrogens with zero attached hydrogens (tertiary/aromatic N) is 3. The second-order valence-corrected chi connectivity index (χ2v) is 4.69. The number of aliphatic hydroxyl groups is 2. The first-order valence-corrected chi connectivity index (χ1v) is 6.60. The molecule has 2 rings (SSSR count). The highest BCUT2D eigenvalue weighted by atomic mass is 16.3. The Bertz CT molecular complexity index is 652. The minimum Gasteiger partial charge on any atom is -0.395 e. The highest BCUT2D eigenvalue weighted by Gasteiger charge is 2.18. The Morgan fingerprint density at radius 2 is 2.00 bits per heavy atom. The van der Waals surface area contributed by atoms with Gasteiger partial charge in [-0.25, -0.2) is 0 Å². The summed E-state index contributed by atoms with van der Waals surface area (Å²) >= 11 is 0. The Labute approximate surface area is 122 Å². The van der Waals surface area contributed by atoms with Gasteiger partial charge in [0, 0.05) is 6.54 Å². The molecule has 1 heterocycles. The van der Waals surface area contributed by atoms with Crippen molar-refractivity contribution in [3.63, 3.8) is 0 Å². The first kappa shape index (κ1) is 15.1. The molecule has 1 aromatic heterocycles. The van der Waals surface area contributed by atoms with E-state index >= 15 is 0 Å². The number of hydrogen-bond donors (Lipinski definition) is 3. The van der Waals surface area contributed by atoms with Crippen LogP contribution < -0.4 is 5.32 Å². The van der Waals surface area contributed by atoms with Crippen LogP contribution in [-0.4, -0.2) is 44.3 Å². The van der Waals surface area contributed by atoms with E-state index in [4.69, 9.17) is 5.11 Å². The van der Waals surface area contributed by atoms with Crippen LogP contribution >= 0.6 is 0 Å². The molecule has 2 aromatic rings. The summed E-state index contributed by atoms with van der Waals surface area (Å²) < 4.78 is 0. The molecule has 0 aliphatic carbocycles. The number of carbonyl (C=O) groups is 1. The molecule has 0 saturated heterocycles. The van der Waals surface area contributed by atoms with E-state index in [-0.39, 0.29) is 31.1 Å². The van der Waals surface area contributed by atoms with E-state index in [0.29, 0.717) is 5.69 Å². The van der Waals surface area contributed by atoms with Crippen molar-refractivity contribution >= 4 is 5.91 Å². The van der Waals surface area contributed by atoms with Gasteiger partial charge in [0.15, 0.2) is 5.69 Å². The van der Waals surface area contributed by atoms with Crippen molar-refractivity contribution < 1.29 is 15.0 Å². The second kappa shape index (κ2) is 6.47. The molecule has 0 aliphatic heterocycles. The van der Waals surface area contributed by atoms with Gasteiger partial charge in [-0.3, -0.25) is 4.79 Å². The number of amides is 1. The quantitative estimate of drug-likeness (QED) is 0.725. The van der Waals surface area contributed by atoms with Crippen molar-refractivity contribution in [2.24, 2.45) is 0 Å². The van der Waals surface area contributed by atoms with Crippen LogP contribution in [0.3, 0.4) is 0 Å². The monoisotopic (exact) mass is 290 g/mol. The lowest BCUT2D eigenvalue weighted by atomic mass is 10.1. The third kappa shape index (κ3) is 3.26. The Balaban J connectivity index is 2.35. The maximum absolute atomic E-state index is 11.9. The maximum atomic E-state index is 11.9. The molecule has 0 aliphatic rings. The number of aryl methyl sites for hydroxylation is 2. The molecule has 0 radical (unpaired) electrons. The van der Waals surface area contributed by atoms with E-state index in [2.05, 4.69) is 15.5 Å². The van der Waals surface area contributed by atoms with Gasteiger partial charge in [0.1, 0.15) is 5.69 Å². The van der Waals surface area contributed by atoms with Crippen LogP contribution in [0, 0.1) is 13.8 Å². The molecule has 1 aromatic carbocycles. The number of benzene rings is 1. The van der Waals surface area contributed by atoms with Gasteiger partial charge < -0.3 is 15.5 Å². The number of aromatic nitrogens is 3. The van der Waals surface area contributed by atoms with Gasteiger partial charge in [-0.1, -0.05) is 6.07 Å². The molecule has 112 valence electrons. The van der Waals surface area contributed by atoms with Gasteiger partial charge in [0.2, 0.25) is 0 Å². The molecule has 0 saturated carbocycles. The fourth-order valence-electron chi connectivity index (χ4n) is 1.84. The van der Waals surface area contributed by atoms with Crippen LogP contribution in [0.25, 0.3) is 5.69 Å². The number of rotatable bonds is 5. The van der Waals surface area contributed by atoms with Crippen molar-refractivity contribution in [3.8, 4) is 5.69 Å². The first-order valence-electron chi connectivity index (χ1n) is 6.60. The molecule has 7 nitrogen and oxygen atoms in total. The van der Waals surface area contributed by atoms with Crippen LogP contribution in [0.5, 0.6) is 0 Å². The average molecular weight is 290 g/mol. The van der Waals surface area contributed by atoms with E-state index in [0.717, 1.165) is 11.1 Å². The summed E-state index contributed by atoms with van der Waals surface area (Å²) in [5.41, 5.74) is 3.21. The van der Waals surface area contributed by atoms with E-state index in [1.165, 1.54) is 4.80 Å². The lowest BCUT2D eigenvalue weighted by Crippen LogP contribution is -2.27. The smallest absolute Gasteiger partial charge is 0.273 e. The summed E-state index contributed by atoms with van der Waals surface area (Å²) in [6, 6.07) is 5.70. The van der Waals surface area contributed by atoms with Crippen LogP contribution in [0.15, 0.2) is 18.2 Å². The molecule has 1 amide bonds. The molecule has 0 fully saturated rings. The van der Waals surface area contributed by atoms with Gasteiger partial charge in [-0.2, -0.15) is 4.80 Å². The van der Waals surface area contributed by atoms with E-state index in [1.807, 2.05) is 32.0 Å². The number of aliphatic hydroxyl groups excluding tert-OH is 2. The first-order chi connectivity index (χ1) is 10.1. The van der Waals surface area contributed by atoms with Crippen LogP contribution in [0.4, 0.5) is 0 Å². The lowest BCUT2D eigenvalue weighted by Gasteiger charge is -2.03. The maximum Gasteiger partial charge on any atom is 0.273 e. The Hall–Kier alpha value is -2.25. The molecular weight excluding hydrogens is 272 g/mol. The predicted octanol–water partition coefficient (Wildman–Crippen LogP) is 0.0985. The largest absolute Gasteiger partial charge is 0.395 e. The average Bonchev–Trinajstić information content (AvgIpc) is 2.92. The lowest BCUT2D eigenvalue weighted by molar-refractivity contribution is 0.0936. The molecule has 0 atom stereocenters. The second-order valence-electron chi connectivity index (χ2n) is 4.69. The Morgan fingerprint density at radius 1 is 1.24 bits per heavy atom. The SMILES string of the molecule is Cc1ccc(-n2nc(CO)c(C(=O)NCCO)n2)cc1C. The molecular formula is C14H18N4O3. The zero-order valence-corrected chi connectivity index (χ0v) is 12.0. The van der Waals surface area contributed by atoms with E-state index < -0.39 is 5.91 Å². The number of hydrogen-bond acceptors (Lipinski definition) is 5. The highest BCUT2D eigenvalue weighted by molar-refractivity contribution is 5.93. The van der Waals surface area contributed by atoms with Gasteiger partial charge in [0.05, 0.1) is 18.9 Å². The third-order valence-corrected chi connectivity index (χ3v) is 3.17. The zero-order valence-electron chi connectivity index (χ0n) is 12.0. The van der Waals surface area contributed by atoms with Crippen molar-refractivity contribution in [3.05, 3.63) is 40.7 Å². The Morgan fingerprint density at radius 3 is 2.62 bits per heavy atom. The summed E-state index contributed by atoms with van der Waals surface area (Å²) in [6.07, 6.45) is 0. The molecule has 21 heavy (non-hydrogen) atoms. The van der Waals surface area contributed by atoms with Gasteiger partial charge in [-0.15, -0.1) is 10.2 Å². The minimum absolute atomic E-state index is 0.0594. The summed E-state index contributed by atoms with van der Waals surface area (Å²) in [5, 5.41) is 28.8. The minimum atomic E-state index is -0.469. The highest BCUT2D eigenvalue weighted by Crippen LogP contribution is 2.14.